The average Bonchev–Trinajstić information content (AvgIpc) is 2.95. The van der Waals surface area contributed by atoms with Gasteiger partial charge in [-0.3, -0.25) is 0 Å². The summed E-state index contributed by atoms with van der Waals surface area (Å²) in [5.74, 6) is -1.02. The van der Waals surface area contributed by atoms with Crippen LogP contribution in [0.1, 0.15) is 36.6 Å². The molecule has 2 heterocycles. The first-order chi connectivity index (χ1) is 16.4. The van der Waals surface area contributed by atoms with Gasteiger partial charge in [0.1, 0.15) is 12.4 Å². The summed E-state index contributed by atoms with van der Waals surface area (Å²) in [7, 11) is 0. The normalized spacial score (nSPS) is 13.3. The zero-order valence-electron chi connectivity index (χ0n) is 19.7. The lowest BCUT2D eigenvalue weighted by atomic mass is 10.0. The first-order valence-electron chi connectivity index (χ1n) is 11.5. The van der Waals surface area contributed by atoms with E-state index in [2.05, 4.69) is 72.3 Å². The standard InChI is InChI=1S/C23H28N2O.C4H4O4/c1-17(2)18-6-5-7-19(16-18)26-15-14-25-22-9-4-3-8-20(22)21-10-12-24-13-11-23(21)25;5-3(6)1-2-4(7)8/h3-9,16-17,24H,10-15H2,1-2H3;1-2H,(H,5,6)(H,7,8)/b;2-1-. The van der Waals surface area contributed by atoms with Crippen molar-refractivity contribution < 1.29 is 24.5 Å². The van der Waals surface area contributed by atoms with Gasteiger partial charge in [0.15, 0.2) is 0 Å². The highest BCUT2D eigenvalue weighted by Crippen LogP contribution is 2.28. The van der Waals surface area contributed by atoms with E-state index in [1.807, 2.05) is 0 Å². The molecule has 1 aliphatic rings. The van der Waals surface area contributed by atoms with Gasteiger partial charge in [-0.25, -0.2) is 9.59 Å². The van der Waals surface area contributed by atoms with E-state index in [0.717, 1.165) is 38.2 Å². The van der Waals surface area contributed by atoms with Crippen LogP contribution < -0.4 is 10.1 Å². The SMILES string of the molecule is CC(C)c1cccc(OCCn2c3c(c4ccccc42)CCNCC3)c1.O=C(O)/C=C\C(=O)O. The monoisotopic (exact) mass is 464 g/mol. The van der Waals surface area contributed by atoms with Crippen molar-refractivity contribution in [3.05, 3.63) is 77.5 Å². The molecule has 0 spiro atoms. The molecule has 7 nitrogen and oxygen atoms in total. The highest BCUT2D eigenvalue weighted by molar-refractivity contribution is 5.89. The molecule has 0 unspecified atom stereocenters. The van der Waals surface area contributed by atoms with Crippen LogP contribution in [0, 0.1) is 0 Å². The van der Waals surface area contributed by atoms with Gasteiger partial charge in [-0.15, -0.1) is 0 Å². The second kappa shape index (κ2) is 12.0. The zero-order chi connectivity index (χ0) is 24.5. The maximum absolute atomic E-state index is 9.55. The van der Waals surface area contributed by atoms with Crippen LogP contribution in [0.4, 0.5) is 0 Å². The Hall–Kier alpha value is -3.58. The van der Waals surface area contributed by atoms with E-state index in [1.54, 1.807) is 0 Å². The number of para-hydroxylation sites is 1. The van der Waals surface area contributed by atoms with Crippen LogP contribution in [0.25, 0.3) is 10.9 Å². The zero-order valence-corrected chi connectivity index (χ0v) is 19.7. The minimum atomic E-state index is -1.26. The van der Waals surface area contributed by atoms with Crippen molar-refractivity contribution in [3.63, 3.8) is 0 Å². The third-order valence-electron chi connectivity index (χ3n) is 5.76. The molecule has 0 amide bonds. The number of benzene rings is 2. The summed E-state index contributed by atoms with van der Waals surface area (Å²) in [4.78, 5) is 19.1. The van der Waals surface area contributed by atoms with Crippen LogP contribution in [-0.4, -0.2) is 46.4 Å². The van der Waals surface area contributed by atoms with Gasteiger partial charge in [-0.2, -0.15) is 0 Å². The molecular formula is C27H32N2O5. The summed E-state index contributed by atoms with van der Waals surface area (Å²) in [5.41, 5.74) is 5.68. The molecule has 0 fully saturated rings. The minimum Gasteiger partial charge on any atom is -0.492 e. The van der Waals surface area contributed by atoms with Crippen molar-refractivity contribution in [1.29, 1.82) is 0 Å². The van der Waals surface area contributed by atoms with Crippen molar-refractivity contribution in [2.24, 2.45) is 0 Å². The smallest absolute Gasteiger partial charge is 0.328 e. The number of ether oxygens (including phenoxy) is 1. The Kier molecular flexibility index (Phi) is 8.87. The van der Waals surface area contributed by atoms with Gasteiger partial charge < -0.3 is 24.8 Å². The third kappa shape index (κ3) is 6.71. The summed E-state index contributed by atoms with van der Waals surface area (Å²) in [5, 5.41) is 20.6. The topological polar surface area (TPSA) is 101 Å². The summed E-state index contributed by atoms with van der Waals surface area (Å²) in [6.07, 6.45) is 3.32. The van der Waals surface area contributed by atoms with E-state index >= 15 is 0 Å². The number of nitrogens with one attached hydrogen (secondary N) is 1. The molecule has 180 valence electrons. The fourth-order valence-electron chi connectivity index (χ4n) is 4.15. The number of rotatable bonds is 7. The number of fused-ring (bicyclic) bond motifs is 3. The molecule has 2 aromatic carbocycles. The number of carboxylic acids is 2. The summed E-state index contributed by atoms with van der Waals surface area (Å²) in [6.45, 7) is 8.14. The number of aromatic nitrogens is 1. The average molecular weight is 465 g/mol. The van der Waals surface area contributed by atoms with E-state index < -0.39 is 11.9 Å². The maximum Gasteiger partial charge on any atom is 0.328 e. The molecule has 34 heavy (non-hydrogen) atoms. The largest absolute Gasteiger partial charge is 0.492 e. The van der Waals surface area contributed by atoms with Crippen molar-refractivity contribution in [2.75, 3.05) is 19.7 Å². The van der Waals surface area contributed by atoms with Gasteiger partial charge in [-0.1, -0.05) is 44.2 Å². The quantitative estimate of drug-likeness (QED) is 0.452. The molecule has 1 aliphatic heterocycles. The molecule has 0 saturated heterocycles. The van der Waals surface area contributed by atoms with Gasteiger partial charge in [0, 0.05) is 41.7 Å². The molecule has 3 N–H and O–H groups in total. The number of hydrogen-bond acceptors (Lipinski definition) is 4. The fourth-order valence-corrected chi connectivity index (χ4v) is 4.15. The van der Waals surface area contributed by atoms with Gasteiger partial charge in [-0.05, 0) is 48.2 Å². The van der Waals surface area contributed by atoms with E-state index in [9.17, 15) is 9.59 Å². The van der Waals surface area contributed by atoms with Gasteiger partial charge >= 0.3 is 11.9 Å². The molecule has 3 aromatic rings. The molecule has 0 radical (unpaired) electrons. The lowest BCUT2D eigenvalue weighted by molar-refractivity contribution is -0.134. The van der Waals surface area contributed by atoms with Crippen LogP contribution >= 0.6 is 0 Å². The Balaban J connectivity index is 0.000000350. The number of carbonyl (C=O) groups is 2. The third-order valence-corrected chi connectivity index (χ3v) is 5.76. The predicted octanol–water partition coefficient (Wildman–Crippen LogP) is 4.24. The van der Waals surface area contributed by atoms with Crippen LogP contribution in [0.15, 0.2) is 60.7 Å². The van der Waals surface area contributed by atoms with E-state index in [-0.39, 0.29) is 0 Å². The van der Waals surface area contributed by atoms with Crippen LogP contribution in [0.3, 0.4) is 0 Å². The second-order valence-corrected chi connectivity index (χ2v) is 8.43. The van der Waals surface area contributed by atoms with Gasteiger partial charge in [0.05, 0.1) is 6.54 Å². The number of carboxylic acid groups (broad SMARTS) is 2. The molecule has 0 aliphatic carbocycles. The molecule has 4 rings (SSSR count). The molecule has 0 bridgehead atoms. The minimum absolute atomic E-state index is 0.523. The predicted molar refractivity (Wildman–Crippen MR) is 133 cm³/mol. The van der Waals surface area contributed by atoms with Crippen LogP contribution in [0.2, 0.25) is 0 Å². The number of nitrogens with zero attached hydrogens (tertiary/aromatic N) is 1. The van der Waals surface area contributed by atoms with Crippen molar-refractivity contribution in [3.8, 4) is 5.75 Å². The summed E-state index contributed by atoms with van der Waals surface area (Å²) < 4.78 is 8.58. The Morgan fingerprint density at radius 3 is 2.44 bits per heavy atom. The Labute approximate surface area is 199 Å². The fraction of sp³-hybridized carbons (Fsp3) is 0.333. The van der Waals surface area contributed by atoms with Crippen molar-refractivity contribution >= 4 is 22.8 Å². The summed E-state index contributed by atoms with van der Waals surface area (Å²) >= 11 is 0. The molecule has 7 heteroatoms. The number of aliphatic carboxylic acids is 2. The Bertz CT molecular complexity index is 1150. The molecule has 1 aromatic heterocycles. The van der Waals surface area contributed by atoms with Crippen LogP contribution in [0.5, 0.6) is 5.75 Å². The summed E-state index contributed by atoms with van der Waals surface area (Å²) in [6, 6.07) is 17.3. The van der Waals surface area contributed by atoms with Crippen LogP contribution in [-0.2, 0) is 29.0 Å². The van der Waals surface area contributed by atoms with E-state index in [1.165, 1.54) is 27.7 Å². The molecule has 0 saturated carbocycles. The van der Waals surface area contributed by atoms with E-state index in [0.29, 0.717) is 24.7 Å². The lowest BCUT2D eigenvalue weighted by Crippen LogP contribution is -2.18. The van der Waals surface area contributed by atoms with Gasteiger partial charge in [0.2, 0.25) is 0 Å². The van der Waals surface area contributed by atoms with Crippen molar-refractivity contribution in [1.82, 2.24) is 9.88 Å². The first-order valence-corrected chi connectivity index (χ1v) is 11.5. The Morgan fingerprint density at radius 1 is 1.03 bits per heavy atom. The van der Waals surface area contributed by atoms with E-state index in [4.69, 9.17) is 14.9 Å². The molecule has 0 atom stereocenters. The van der Waals surface area contributed by atoms with Crippen molar-refractivity contribution in [2.45, 2.75) is 39.2 Å². The lowest BCUT2D eigenvalue weighted by Gasteiger charge is -2.13. The molecular weight excluding hydrogens is 432 g/mol. The highest BCUT2D eigenvalue weighted by atomic mass is 16.5. The Morgan fingerprint density at radius 2 is 1.74 bits per heavy atom. The maximum atomic E-state index is 9.55. The second-order valence-electron chi connectivity index (χ2n) is 8.43. The number of hydrogen-bond donors (Lipinski definition) is 3. The highest BCUT2D eigenvalue weighted by Gasteiger charge is 2.18. The van der Waals surface area contributed by atoms with Gasteiger partial charge in [0.25, 0.3) is 0 Å². The first kappa shape index (κ1) is 25.1.